The standard InChI is InChI=1S/C19H25ClN2O3/c1-3-7-21-9-10-25-18-13-22(8-6-14(18)12-21)19(23)16-11-15(24-2)4-5-17(16)20/h3-5,11,14,18H,1,6-10,12-13H2,2H3. The zero-order chi connectivity index (χ0) is 17.8. The first kappa shape index (κ1) is 18.2. The van der Waals surface area contributed by atoms with Crippen LogP contribution in [0.1, 0.15) is 16.8 Å². The summed E-state index contributed by atoms with van der Waals surface area (Å²) in [5.41, 5.74) is 0.487. The lowest BCUT2D eigenvalue weighted by molar-refractivity contribution is -0.0170. The molecule has 2 heterocycles. The molecule has 2 fully saturated rings. The van der Waals surface area contributed by atoms with Crippen LogP contribution in [-0.4, -0.2) is 68.3 Å². The van der Waals surface area contributed by atoms with Crippen LogP contribution in [0.2, 0.25) is 5.02 Å². The lowest BCUT2D eigenvalue weighted by atomic mass is 9.93. The highest BCUT2D eigenvalue weighted by molar-refractivity contribution is 6.33. The van der Waals surface area contributed by atoms with E-state index in [0.29, 0.717) is 35.4 Å². The van der Waals surface area contributed by atoms with Gasteiger partial charge in [-0.2, -0.15) is 0 Å². The SMILES string of the molecule is C=CCN1CCOC2CN(C(=O)c3cc(OC)ccc3Cl)CCC2C1. The number of benzene rings is 1. The molecule has 2 aliphatic heterocycles. The number of hydrogen-bond acceptors (Lipinski definition) is 4. The molecule has 1 aromatic carbocycles. The maximum Gasteiger partial charge on any atom is 0.255 e. The van der Waals surface area contributed by atoms with Crippen molar-refractivity contribution in [2.75, 3.05) is 46.4 Å². The van der Waals surface area contributed by atoms with Crippen molar-refractivity contribution in [3.63, 3.8) is 0 Å². The van der Waals surface area contributed by atoms with Gasteiger partial charge in [-0.05, 0) is 24.6 Å². The second kappa shape index (κ2) is 8.21. The quantitative estimate of drug-likeness (QED) is 0.770. The van der Waals surface area contributed by atoms with Gasteiger partial charge in [-0.3, -0.25) is 9.69 Å². The molecule has 3 rings (SSSR count). The van der Waals surface area contributed by atoms with E-state index in [4.69, 9.17) is 21.1 Å². The first-order valence-corrected chi connectivity index (χ1v) is 9.08. The summed E-state index contributed by atoms with van der Waals surface area (Å²) in [4.78, 5) is 17.1. The second-order valence-corrected chi connectivity index (χ2v) is 7.01. The molecule has 0 N–H and O–H groups in total. The third-order valence-electron chi connectivity index (χ3n) is 5.01. The average molecular weight is 365 g/mol. The molecule has 6 heteroatoms. The van der Waals surface area contributed by atoms with E-state index in [1.54, 1.807) is 25.3 Å². The summed E-state index contributed by atoms with van der Waals surface area (Å²) >= 11 is 6.23. The van der Waals surface area contributed by atoms with Crippen molar-refractivity contribution in [3.05, 3.63) is 41.4 Å². The lowest BCUT2D eigenvalue weighted by Gasteiger charge is -2.38. The number of halogens is 1. The van der Waals surface area contributed by atoms with Crippen molar-refractivity contribution >= 4 is 17.5 Å². The molecule has 1 aromatic rings. The molecule has 2 atom stereocenters. The predicted octanol–water partition coefficient (Wildman–Crippen LogP) is 2.70. The first-order valence-electron chi connectivity index (χ1n) is 8.70. The molecule has 0 saturated carbocycles. The molecule has 2 saturated heterocycles. The minimum absolute atomic E-state index is 0.0573. The minimum Gasteiger partial charge on any atom is -0.497 e. The highest BCUT2D eigenvalue weighted by Gasteiger charge is 2.35. The number of ether oxygens (including phenoxy) is 2. The van der Waals surface area contributed by atoms with E-state index in [1.165, 1.54) is 0 Å². The van der Waals surface area contributed by atoms with E-state index < -0.39 is 0 Å². The smallest absolute Gasteiger partial charge is 0.255 e. The molecule has 1 amide bonds. The molecule has 2 aliphatic rings. The summed E-state index contributed by atoms with van der Waals surface area (Å²) in [6, 6.07) is 5.17. The second-order valence-electron chi connectivity index (χ2n) is 6.60. The zero-order valence-corrected chi connectivity index (χ0v) is 15.4. The molecule has 0 radical (unpaired) electrons. The molecular weight excluding hydrogens is 340 g/mol. The fourth-order valence-electron chi connectivity index (χ4n) is 3.62. The van der Waals surface area contributed by atoms with Crippen LogP contribution in [0.15, 0.2) is 30.9 Å². The van der Waals surface area contributed by atoms with Gasteiger partial charge in [-0.25, -0.2) is 0 Å². The molecule has 0 aromatic heterocycles. The molecule has 0 bridgehead atoms. The highest BCUT2D eigenvalue weighted by atomic mass is 35.5. The number of fused-ring (bicyclic) bond motifs is 1. The van der Waals surface area contributed by atoms with Crippen LogP contribution in [-0.2, 0) is 4.74 Å². The number of likely N-dealkylation sites (tertiary alicyclic amines) is 1. The first-order chi connectivity index (χ1) is 12.1. The number of hydrogen-bond donors (Lipinski definition) is 0. The van der Waals surface area contributed by atoms with Crippen LogP contribution >= 0.6 is 11.6 Å². The Hall–Kier alpha value is -1.56. The van der Waals surface area contributed by atoms with Crippen molar-refractivity contribution in [1.82, 2.24) is 9.80 Å². The molecule has 0 spiro atoms. The van der Waals surface area contributed by atoms with Crippen molar-refractivity contribution in [2.45, 2.75) is 12.5 Å². The van der Waals surface area contributed by atoms with Gasteiger partial charge in [0.25, 0.3) is 5.91 Å². The van der Waals surface area contributed by atoms with Crippen LogP contribution in [0.25, 0.3) is 0 Å². The van der Waals surface area contributed by atoms with E-state index in [9.17, 15) is 4.79 Å². The molecule has 25 heavy (non-hydrogen) atoms. The fraction of sp³-hybridized carbons (Fsp3) is 0.526. The number of amides is 1. The van der Waals surface area contributed by atoms with Gasteiger partial charge in [-0.15, -0.1) is 6.58 Å². The molecule has 2 unspecified atom stereocenters. The van der Waals surface area contributed by atoms with Crippen LogP contribution in [0.4, 0.5) is 0 Å². The Morgan fingerprint density at radius 1 is 1.44 bits per heavy atom. The minimum atomic E-state index is -0.0573. The number of nitrogens with zero attached hydrogens (tertiary/aromatic N) is 2. The van der Waals surface area contributed by atoms with Crippen molar-refractivity contribution in [3.8, 4) is 5.75 Å². The number of rotatable bonds is 4. The number of methoxy groups -OCH3 is 1. The van der Waals surface area contributed by atoms with E-state index in [2.05, 4.69) is 11.5 Å². The van der Waals surface area contributed by atoms with Crippen molar-refractivity contribution in [1.29, 1.82) is 0 Å². The monoisotopic (exact) mass is 364 g/mol. The number of piperidine rings is 1. The third-order valence-corrected chi connectivity index (χ3v) is 5.34. The Labute approximate surface area is 154 Å². The van der Waals surface area contributed by atoms with Gasteiger partial charge >= 0.3 is 0 Å². The summed E-state index contributed by atoms with van der Waals surface area (Å²) < 4.78 is 11.3. The van der Waals surface area contributed by atoms with Crippen LogP contribution in [0.3, 0.4) is 0 Å². The molecule has 0 aliphatic carbocycles. The Morgan fingerprint density at radius 3 is 3.04 bits per heavy atom. The zero-order valence-electron chi connectivity index (χ0n) is 14.6. The molecule has 136 valence electrons. The summed E-state index contributed by atoms with van der Waals surface area (Å²) in [6.07, 6.45) is 2.95. The average Bonchev–Trinajstić information content (AvgIpc) is 2.83. The third kappa shape index (κ3) is 4.17. The predicted molar refractivity (Wildman–Crippen MR) is 98.4 cm³/mol. The van der Waals surface area contributed by atoms with Crippen LogP contribution < -0.4 is 4.74 Å². The van der Waals surface area contributed by atoms with Gasteiger partial charge in [0, 0.05) is 38.6 Å². The van der Waals surface area contributed by atoms with Gasteiger partial charge in [0.1, 0.15) is 5.75 Å². The summed E-state index contributed by atoms with van der Waals surface area (Å²) in [5.74, 6) is 1.03. The maximum atomic E-state index is 12.9. The summed E-state index contributed by atoms with van der Waals surface area (Å²) in [6.45, 7) is 8.64. The number of carbonyl (C=O) groups excluding carboxylic acids is 1. The Bertz CT molecular complexity index is 637. The van der Waals surface area contributed by atoms with E-state index in [0.717, 1.165) is 32.6 Å². The van der Waals surface area contributed by atoms with Gasteiger partial charge in [-0.1, -0.05) is 17.7 Å². The van der Waals surface area contributed by atoms with E-state index in [-0.39, 0.29) is 12.0 Å². The number of carbonyl (C=O) groups is 1. The molecular formula is C19H25ClN2O3. The van der Waals surface area contributed by atoms with Gasteiger partial charge in [0.15, 0.2) is 0 Å². The molecule has 5 nitrogen and oxygen atoms in total. The van der Waals surface area contributed by atoms with Crippen molar-refractivity contribution in [2.24, 2.45) is 5.92 Å². The van der Waals surface area contributed by atoms with Gasteiger partial charge < -0.3 is 14.4 Å². The Morgan fingerprint density at radius 2 is 2.28 bits per heavy atom. The van der Waals surface area contributed by atoms with Gasteiger partial charge in [0.2, 0.25) is 0 Å². The largest absolute Gasteiger partial charge is 0.497 e. The van der Waals surface area contributed by atoms with Crippen LogP contribution in [0.5, 0.6) is 5.75 Å². The van der Waals surface area contributed by atoms with E-state index in [1.807, 2.05) is 11.0 Å². The Balaban J connectivity index is 1.70. The lowest BCUT2D eigenvalue weighted by Crippen LogP contribution is -2.49. The maximum absolute atomic E-state index is 12.9. The van der Waals surface area contributed by atoms with E-state index >= 15 is 0 Å². The van der Waals surface area contributed by atoms with Crippen molar-refractivity contribution < 1.29 is 14.3 Å². The fourth-order valence-corrected chi connectivity index (χ4v) is 3.82. The highest BCUT2D eigenvalue weighted by Crippen LogP contribution is 2.28. The normalized spacial score (nSPS) is 24.3. The summed E-state index contributed by atoms with van der Waals surface area (Å²) in [7, 11) is 1.58. The van der Waals surface area contributed by atoms with Gasteiger partial charge in [0.05, 0.1) is 30.4 Å². The summed E-state index contributed by atoms with van der Waals surface area (Å²) in [5, 5.41) is 0.451. The van der Waals surface area contributed by atoms with Crippen LogP contribution in [0, 0.1) is 5.92 Å². The Kier molecular flexibility index (Phi) is 5.99. The topological polar surface area (TPSA) is 42.0 Å².